The molecule has 1 unspecified atom stereocenters. The number of aromatic nitrogens is 2. The molecule has 1 fully saturated rings. The van der Waals surface area contributed by atoms with Crippen LogP contribution in [0.5, 0.6) is 0 Å². The molecule has 1 amide bonds. The highest BCUT2D eigenvalue weighted by atomic mass is 16.1. The van der Waals surface area contributed by atoms with Gasteiger partial charge in [-0.2, -0.15) is 4.98 Å². The summed E-state index contributed by atoms with van der Waals surface area (Å²) in [5.41, 5.74) is 4.11. The van der Waals surface area contributed by atoms with E-state index in [0.29, 0.717) is 17.9 Å². The van der Waals surface area contributed by atoms with Gasteiger partial charge in [0.2, 0.25) is 5.95 Å². The van der Waals surface area contributed by atoms with Crippen LogP contribution in [-0.4, -0.2) is 42.1 Å². The van der Waals surface area contributed by atoms with Gasteiger partial charge >= 0.3 is 0 Å². The molecule has 5 rings (SSSR count). The van der Waals surface area contributed by atoms with E-state index in [0.717, 1.165) is 66.4 Å². The SMILES string of the molecule is CC1C=CC(Cc2ccccc2C(=O)NC2CCC(Nc3nc(N(C)C)c4ccccc4n3)CC2)=CC1. The molecule has 1 heterocycles. The molecule has 1 atom stereocenters. The van der Waals surface area contributed by atoms with E-state index in [4.69, 9.17) is 9.97 Å². The fourth-order valence-corrected chi connectivity index (χ4v) is 5.31. The molecule has 1 saturated carbocycles. The Kier molecular flexibility index (Phi) is 7.54. The molecule has 0 bridgehead atoms. The van der Waals surface area contributed by atoms with Gasteiger partial charge in [0.25, 0.3) is 5.91 Å². The third kappa shape index (κ3) is 6.01. The summed E-state index contributed by atoms with van der Waals surface area (Å²) < 4.78 is 0. The van der Waals surface area contributed by atoms with Crippen molar-refractivity contribution < 1.29 is 4.79 Å². The Bertz CT molecular complexity index is 1320. The highest BCUT2D eigenvalue weighted by molar-refractivity contribution is 5.96. The van der Waals surface area contributed by atoms with Gasteiger partial charge in [-0.05, 0) is 73.8 Å². The van der Waals surface area contributed by atoms with Gasteiger partial charge in [-0.15, -0.1) is 0 Å². The zero-order valence-electron chi connectivity index (χ0n) is 22.1. The topological polar surface area (TPSA) is 70.2 Å². The molecule has 0 saturated heterocycles. The first kappa shape index (κ1) is 25.0. The largest absolute Gasteiger partial charge is 0.362 e. The molecule has 2 N–H and O–H groups in total. The Morgan fingerprint density at radius 1 is 0.973 bits per heavy atom. The molecule has 2 aromatic carbocycles. The Morgan fingerprint density at radius 2 is 1.70 bits per heavy atom. The Labute approximate surface area is 219 Å². The van der Waals surface area contributed by atoms with Gasteiger partial charge < -0.3 is 15.5 Å². The molecule has 6 nitrogen and oxygen atoms in total. The normalized spacial score (nSPS) is 21.4. The first-order chi connectivity index (χ1) is 18.0. The van der Waals surface area contributed by atoms with Crippen LogP contribution in [0.1, 0.15) is 54.9 Å². The van der Waals surface area contributed by atoms with Crippen LogP contribution in [0.25, 0.3) is 10.9 Å². The smallest absolute Gasteiger partial charge is 0.251 e. The predicted octanol–water partition coefficient (Wildman–Crippen LogP) is 5.91. The van der Waals surface area contributed by atoms with Gasteiger partial charge in [0, 0.05) is 37.1 Å². The van der Waals surface area contributed by atoms with Crippen molar-refractivity contribution in [3.8, 4) is 0 Å². The van der Waals surface area contributed by atoms with Crippen molar-refractivity contribution >= 4 is 28.6 Å². The third-order valence-corrected chi connectivity index (χ3v) is 7.45. The number of nitrogens with zero attached hydrogens (tertiary/aromatic N) is 3. The van der Waals surface area contributed by atoms with Crippen LogP contribution < -0.4 is 15.5 Å². The summed E-state index contributed by atoms with van der Waals surface area (Å²) in [4.78, 5) is 24.8. The number of anilines is 2. The summed E-state index contributed by atoms with van der Waals surface area (Å²) in [5, 5.41) is 7.92. The molecular weight excluding hydrogens is 458 g/mol. The van der Waals surface area contributed by atoms with Crippen molar-refractivity contribution in [2.45, 2.75) is 57.5 Å². The third-order valence-electron chi connectivity index (χ3n) is 7.45. The highest BCUT2D eigenvalue weighted by Crippen LogP contribution is 2.27. The van der Waals surface area contributed by atoms with Gasteiger partial charge in [0.05, 0.1) is 5.52 Å². The average molecular weight is 496 g/mol. The molecular formula is C31H37N5O. The van der Waals surface area contributed by atoms with Crippen LogP contribution in [-0.2, 0) is 6.42 Å². The van der Waals surface area contributed by atoms with Crippen molar-refractivity contribution in [3.63, 3.8) is 0 Å². The highest BCUT2D eigenvalue weighted by Gasteiger charge is 2.24. The van der Waals surface area contributed by atoms with Crippen LogP contribution in [0.4, 0.5) is 11.8 Å². The first-order valence-electron chi connectivity index (χ1n) is 13.4. The lowest BCUT2D eigenvalue weighted by Gasteiger charge is -2.30. The van der Waals surface area contributed by atoms with E-state index < -0.39 is 0 Å². The predicted molar refractivity (Wildman–Crippen MR) is 152 cm³/mol. The summed E-state index contributed by atoms with van der Waals surface area (Å²) in [6.45, 7) is 2.23. The molecule has 1 aromatic heterocycles. The molecule has 2 aliphatic carbocycles. The van der Waals surface area contributed by atoms with E-state index in [2.05, 4.69) is 47.9 Å². The maximum atomic E-state index is 13.2. The lowest BCUT2D eigenvalue weighted by atomic mass is 9.90. The second-order valence-electron chi connectivity index (χ2n) is 10.6. The van der Waals surface area contributed by atoms with Crippen LogP contribution in [0.2, 0.25) is 0 Å². The van der Waals surface area contributed by atoms with Gasteiger partial charge in [0.1, 0.15) is 5.82 Å². The zero-order valence-corrected chi connectivity index (χ0v) is 22.1. The van der Waals surface area contributed by atoms with E-state index in [1.165, 1.54) is 5.57 Å². The Morgan fingerprint density at radius 3 is 2.46 bits per heavy atom. The number of hydrogen-bond donors (Lipinski definition) is 2. The number of nitrogens with one attached hydrogen (secondary N) is 2. The second kappa shape index (κ2) is 11.2. The van der Waals surface area contributed by atoms with E-state index in [9.17, 15) is 4.79 Å². The maximum Gasteiger partial charge on any atom is 0.251 e. The number of allylic oxidation sites excluding steroid dienone is 4. The van der Waals surface area contributed by atoms with Crippen molar-refractivity contribution in [3.05, 3.63) is 83.5 Å². The number of hydrogen-bond acceptors (Lipinski definition) is 5. The average Bonchev–Trinajstić information content (AvgIpc) is 2.91. The van der Waals surface area contributed by atoms with Crippen LogP contribution in [0.3, 0.4) is 0 Å². The number of fused-ring (bicyclic) bond motifs is 1. The van der Waals surface area contributed by atoms with Crippen LogP contribution in [0, 0.1) is 5.92 Å². The molecule has 37 heavy (non-hydrogen) atoms. The molecule has 3 aromatic rings. The number of carbonyl (C=O) groups is 1. The lowest BCUT2D eigenvalue weighted by molar-refractivity contribution is 0.0925. The Balaban J connectivity index is 1.19. The van der Waals surface area contributed by atoms with Gasteiger partial charge in [-0.25, -0.2) is 4.98 Å². The number of amides is 1. The minimum Gasteiger partial charge on any atom is -0.362 e. The minimum atomic E-state index is 0.0363. The van der Waals surface area contributed by atoms with E-state index in [1.54, 1.807) is 0 Å². The van der Waals surface area contributed by atoms with E-state index in [1.807, 2.05) is 55.4 Å². The van der Waals surface area contributed by atoms with Crippen LogP contribution in [0.15, 0.2) is 72.3 Å². The number of para-hydroxylation sites is 1. The van der Waals surface area contributed by atoms with Gasteiger partial charge in [-0.3, -0.25) is 4.79 Å². The second-order valence-corrected chi connectivity index (χ2v) is 10.6. The molecule has 0 aliphatic heterocycles. The zero-order chi connectivity index (χ0) is 25.8. The minimum absolute atomic E-state index is 0.0363. The van der Waals surface area contributed by atoms with Crippen LogP contribution >= 0.6 is 0 Å². The summed E-state index contributed by atoms with van der Waals surface area (Å²) in [6.07, 6.45) is 12.4. The Hall–Kier alpha value is -3.67. The summed E-state index contributed by atoms with van der Waals surface area (Å²) in [5.74, 6) is 2.22. The lowest BCUT2D eigenvalue weighted by Crippen LogP contribution is -2.40. The number of carbonyl (C=O) groups excluding carboxylic acids is 1. The van der Waals surface area contributed by atoms with E-state index >= 15 is 0 Å². The molecule has 0 spiro atoms. The van der Waals surface area contributed by atoms with Crippen molar-refractivity contribution in [1.82, 2.24) is 15.3 Å². The fourth-order valence-electron chi connectivity index (χ4n) is 5.31. The molecule has 0 radical (unpaired) electrons. The molecule has 192 valence electrons. The number of benzene rings is 2. The monoisotopic (exact) mass is 495 g/mol. The van der Waals surface area contributed by atoms with Gasteiger partial charge in [-0.1, -0.05) is 55.5 Å². The molecule has 2 aliphatic rings. The summed E-state index contributed by atoms with van der Waals surface area (Å²) >= 11 is 0. The summed E-state index contributed by atoms with van der Waals surface area (Å²) in [6, 6.07) is 16.6. The molecule has 6 heteroatoms. The summed E-state index contributed by atoms with van der Waals surface area (Å²) in [7, 11) is 4.02. The first-order valence-corrected chi connectivity index (χ1v) is 13.4. The van der Waals surface area contributed by atoms with Crippen molar-refractivity contribution in [2.75, 3.05) is 24.3 Å². The van der Waals surface area contributed by atoms with Crippen molar-refractivity contribution in [1.29, 1.82) is 0 Å². The van der Waals surface area contributed by atoms with E-state index in [-0.39, 0.29) is 11.9 Å². The van der Waals surface area contributed by atoms with Gasteiger partial charge in [0.15, 0.2) is 0 Å². The standard InChI is InChI=1S/C31H37N5O/c1-21-12-14-22(15-13-21)20-23-8-4-5-9-26(23)30(37)32-24-16-18-25(19-17-24)33-31-34-28-11-7-6-10-27(28)29(35-31)36(2)3/h4-12,14-15,21,24-25H,13,16-20H2,1-3H3,(H,32,37)(H,33,34,35). The van der Waals surface area contributed by atoms with Crippen molar-refractivity contribution in [2.24, 2.45) is 5.92 Å². The maximum absolute atomic E-state index is 13.2. The number of rotatable bonds is 7. The fraction of sp³-hybridized carbons (Fsp3) is 0.387. The quantitative estimate of drug-likeness (QED) is 0.426.